The monoisotopic (exact) mass is 475 g/mol. The van der Waals surface area contributed by atoms with Crippen LogP contribution in [0.25, 0.3) is 5.70 Å². The van der Waals surface area contributed by atoms with Crippen LogP contribution < -0.4 is 10.8 Å². The van der Waals surface area contributed by atoms with Crippen LogP contribution in [0.15, 0.2) is 54.6 Å². The van der Waals surface area contributed by atoms with E-state index in [0.29, 0.717) is 36.7 Å². The molecule has 1 saturated heterocycles. The summed E-state index contributed by atoms with van der Waals surface area (Å²) in [7, 11) is 0. The number of halogens is 3. The molecule has 2 aromatic rings. The second kappa shape index (κ2) is 8.65. The Balaban J connectivity index is 1.37. The molecule has 8 heteroatoms. The molecule has 2 aliphatic heterocycles. The molecule has 1 spiro atoms. The molecular formula is C25H28F3N3OS. The van der Waals surface area contributed by atoms with Gasteiger partial charge in [0, 0.05) is 31.6 Å². The number of hydroxylamine groups is 1. The van der Waals surface area contributed by atoms with Crippen molar-refractivity contribution in [2.24, 2.45) is 0 Å². The molecule has 2 N–H and O–H groups in total. The SMILES string of the molecule is CC(C)(C)c1ccc(C2=CC3(CCN(C(=S)Nc4cccc(C(F)(F)F)c4)CC3)ON2)cc1. The number of piperidine rings is 1. The van der Waals surface area contributed by atoms with Crippen LogP contribution in [0.4, 0.5) is 18.9 Å². The predicted molar refractivity (Wildman–Crippen MR) is 129 cm³/mol. The fraction of sp³-hybridized carbons (Fsp3) is 0.400. The third-order valence-corrected chi connectivity index (χ3v) is 6.53. The third-order valence-electron chi connectivity index (χ3n) is 6.17. The molecule has 4 nitrogen and oxygen atoms in total. The van der Waals surface area contributed by atoms with Crippen molar-refractivity contribution in [2.75, 3.05) is 18.4 Å². The molecule has 0 saturated carbocycles. The Hall–Kier alpha value is -2.58. The molecule has 33 heavy (non-hydrogen) atoms. The predicted octanol–water partition coefficient (Wildman–Crippen LogP) is 6.11. The van der Waals surface area contributed by atoms with Crippen LogP contribution in [-0.4, -0.2) is 28.7 Å². The van der Waals surface area contributed by atoms with Crippen molar-refractivity contribution in [2.45, 2.75) is 50.8 Å². The van der Waals surface area contributed by atoms with E-state index in [1.54, 1.807) is 6.07 Å². The molecule has 0 unspecified atom stereocenters. The lowest BCUT2D eigenvalue weighted by atomic mass is 9.86. The van der Waals surface area contributed by atoms with E-state index in [4.69, 9.17) is 17.1 Å². The van der Waals surface area contributed by atoms with Gasteiger partial charge in [-0.3, -0.25) is 10.3 Å². The zero-order chi connectivity index (χ0) is 23.9. The van der Waals surface area contributed by atoms with Crippen LogP contribution in [0.3, 0.4) is 0 Å². The third kappa shape index (κ3) is 5.33. The average molecular weight is 476 g/mol. The number of thiocarbonyl (C=S) groups is 1. The minimum Gasteiger partial charge on any atom is -0.349 e. The minimum absolute atomic E-state index is 0.0983. The Morgan fingerprint density at radius 1 is 1.03 bits per heavy atom. The summed E-state index contributed by atoms with van der Waals surface area (Å²) in [4.78, 5) is 7.95. The Kier molecular flexibility index (Phi) is 6.18. The van der Waals surface area contributed by atoms with E-state index in [-0.39, 0.29) is 5.41 Å². The van der Waals surface area contributed by atoms with Crippen LogP contribution in [0, 0.1) is 0 Å². The first-order chi connectivity index (χ1) is 15.5. The van der Waals surface area contributed by atoms with Crippen molar-refractivity contribution >= 4 is 28.7 Å². The number of hydrogen-bond acceptors (Lipinski definition) is 3. The van der Waals surface area contributed by atoms with Gasteiger partial charge in [0.2, 0.25) is 0 Å². The second-order valence-corrected chi connectivity index (χ2v) is 10.0. The lowest BCUT2D eigenvalue weighted by Crippen LogP contribution is -2.48. The Labute approximate surface area is 197 Å². The Morgan fingerprint density at radius 2 is 1.70 bits per heavy atom. The lowest BCUT2D eigenvalue weighted by Gasteiger charge is -2.38. The smallest absolute Gasteiger partial charge is 0.349 e. The minimum atomic E-state index is -4.39. The number of likely N-dealkylation sites (tertiary alicyclic amines) is 1. The molecule has 2 heterocycles. The van der Waals surface area contributed by atoms with Gasteiger partial charge in [-0.1, -0.05) is 51.1 Å². The molecule has 176 valence electrons. The number of benzene rings is 2. The van der Waals surface area contributed by atoms with Gasteiger partial charge in [-0.2, -0.15) is 13.2 Å². The zero-order valence-electron chi connectivity index (χ0n) is 18.9. The Morgan fingerprint density at radius 3 is 2.30 bits per heavy atom. The maximum atomic E-state index is 13.0. The highest BCUT2D eigenvalue weighted by Crippen LogP contribution is 2.36. The number of alkyl halides is 3. The lowest BCUT2D eigenvalue weighted by molar-refractivity contribution is -0.137. The average Bonchev–Trinajstić information content (AvgIpc) is 3.17. The molecule has 0 bridgehead atoms. The van der Waals surface area contributed by atoms with Gasteiger partial charge in [-0.25, -0.2) is 0 Å². The molecule has 0 radical (unpaired) electrons. The zero-order valence-corrected chi connectivity index (χ0v) is 19.7. The number of nitrogens with zero attached hydrogens (tertiary/aromatic N) is 1. The number of rotatable bonds is 2. The van der Waals surface area contributed by atoms with Crippen molar-refractivity contribution in [1.82, 2.24) is 10.4 Å². The van der Waals surface area contributed by atoms with Gasteiger partial charge < -0.3 is 10.2 Å². The van der Waals surface area contributed by atoms with Crippen LogP contribution in [-0.2, 0) is 16.4 Å². The van der Waals surface area contributed by atoms with Gasteiger partial charge in [0.15, 0.2) is 5.11 Å². The summed E-state index contributed by atoms with van der Waals surface area (Å²) in [5.74, 6) is 0. The van der Waals surface area contributed by atoms with Gasteiger partial charge in [0.05, 0.1) is 11.3 Å². The molecule has 0 atom stereocenters. The normalized spacial score (nSPS) is 18.1. The number of nitrogens with one attached hydrogen (secondary N) is 2. The maximum absolute atomic E-state index is 13.0. The first kappa shape index (κ1) is 23.6. The molecule has 2 aromatic carbocycles. The summed E-state index contributed by atoms with van der Waals surface area (Å²) >= 11 is 5.46. The summed E-state index contributed by atoms with van der Waals surface area (Å²) in [6.45, 7) is 7.84. The Bertz CT molecular complexity index is 1050. The van der Waals surface area contributed by atoms with E-state index >= 15 is 0 Å². The first-order valence-corrected chi connectivity index (χ1v) is 11.4. The highest BCUT2D eigenvalue weighted by molar-refractivity contribution is 7.80. The van der Waals surface area contributed by atoms with E-state index < -0.39 is 17.3 Å². The van der Waals surface area contributed by atoms with Crippen molar-refractivity contribution in [3.05, 3.63) is 71.3 Å². The quantitative estimate of drug-likeness (QED) is 0.513. The summed E-state index contributed by atoms with van der Waals surface area (Å²) in [6.07, 6.45) is -0.817. The van der Waals surface area contributed by atoms with Gasteiger partial charge in [-0.05, 0) is 53.0 Å². The van der Waals surface area contributed by atoms with E-state index in [1.807, 2.05) is 4.90 Å². The summed E-state index contributed by atoms with van der Waals surface area (Å²) in [6, 6.07) is 13.6. The van der Waals surface area contributed by atoms with Crippen LogP contribution in [0.1, 0.15) is 50.3 Å². The highest BCUT2D eigenvalue weighted by atomic mass is 32.1. The largest absolute Gasteiger partial charge is 0.416 e. The van der Waals surface area contributed by atoms with E-state index in [1.165, 1.54) is 11.6 Å². The van der Waals surface area contributed by atoms with Crippen LogP contribution in [0.2, 0.25) is 0 Å². The standard InChI is InChI=1S/C25H28F3N3OS/c1-23(2,3)18-9-7-17(8-10-18)21-16-24(32-30-21)11-13-31(14-12-24)22(33)29-20-6-4-5-19(15-20)25(26,27)28/h4-10,15-16,30H,11-14H2,1-3H3,(H,29,33). The van der Waals surface area contributed by atoms with Crippen molar-refractivity contribution < 1.29 is 18.0 Å². The van der Waals surface area contributed by atoms with Crippen molar-refractivity contribution in [3.8, 4) is 0 Å². The maximum Gasteiger partial charge on any atom is 0.416 e. The van der Waals surface area contributed by atoms with Gasteiger partial charge in [0.25, 0.3) is 0 Å². The van der Waals surface area contributed by atoms with E-state index in [9.17, 15) is 13.2 Å². The first-order valence-electron chi connectivity index (χ1n) is 11.0. The molecular weight excluding hydrogens is 447 g/mol. The molecule has 2 aliphatic rings. The molecule has 4 rings (SSSR count). The molecule has 0 aromatic heterocycles. The van der Waals surface area contributed by atoms with Crippen molar-refractivity contribution in [1.29, 1.82) is 0 Å². The van der Waals surface area contributed by atoms with Crippen LogP contribution >= 0.6 is 12.2 Å². The van der Waals surface area contributed by atoms with Crippen LogP contribution in [0.5, 0.6) is 0 Å². The highest BCUT2D eigenvalue weighted by Gasteiger charge is 2.39. The molecule has 1 fully saturated rings. The van der Waals surface area contributed by atoms with Crippen molar-refractivity contribution in [3.63, 3.8) is 0 Å². The summed E-state index contributed by atoms with van der Waals surface area (Å²) in [5.41, 5.74) is 5.69. The fourth-order valence-corrected chi connectivity index (χ4v) is 4.38. The number of anilines is 1. The van der Waals surface area contributed by atoms with Gasteiger partial charge in [-0.15, -0.1) is 0 Å². The summed E-state index contributed by atoms with van der Waals surface area (Å²) < 4.78 is 38.9. The van der Waals surface area contributed by atoms with Gasteiger partial charge in [0.1, 0.15) is 5.60 Å². The summed E-state index contributed by atoms with van der Waals surface area (Å²) in [5, 5.41) is 3.35. The van der Waals surface area contributed by atoms with Gasteiger partial charge >= 0.3 is 6.18 Å². The topological polar surface area (TPSA) is 36.5 Å². The van der Waals surface area contributed by atoms with E-state index in [0.717, 1.165) is 23.4 Å². The fourth-order valence-electron chi connectivity index (χ4n) is 4.08. The molecule has 0 aliphatic carbocycles. The molecule has 0 amide bonds. The number of hydrogen-bond donors (Lipinski definition) is 2. The van der Waals surface area contributed by atoms with E-state index in [2.05, 4.69) is 61.9 Å². The second-order valence-electron chi connectivity index (χ2n) is 9.65.